The van der Waals surface area contributed by atoms with Crippen LogP contribution in [0.25, 0.3) is 0 Å². The average Bonchev–Trinajstić information content (AvgIpc) is 2.84. The fourth-order valence-corrected chi connectivity index (χ4v) is 2.17. The van der Waals surface area contributed by atoms with Gasteiger partial charge in [-0.2, -0.15) is 0 Å². The Morgan fingerprint density at radius 1 is 1.50 bits per heavy atom. The summed E-state index contributed by atoms with van der Waals surface area (Å²) in [6.45, 7) is 9.07. The van der Waals surface area contributed by atoms with Crippen molar-refractivity contribution in [1.82, 2.24) is 10.2 Å². The number of ether oxygens (including phenoxy) is 1. The predicted octanol–water partition coefficient (Wildman–Crippen LogP) is 1.79. The van der Waals surface area contributed by atoms with E-state index in [4.69, 9.17) is 4.74 Å². The molecule has 1 fully saturated rings. The maximum atomic E-state index is 12.1. The Hall–Kier alpha value is -0.610. The molecule has 1 aliphatic heterocycles. The van der Waals surface area contributed by atoms with Crippen LogP contribution in [0.3, 0.4) is 0 Å². The first kappa shape index (κ1) is 15.4. The summed E-state index contributed by atoms with van der Waals surface area (Å²) in [6, 6.07) is 0.477. The van der Waals surface area contributed by atoms with Gasteiger partial charge in [0.15, 0.2) is 0 Å². The van der Waals surface area contributed by atoms with Gasteiger partial charge in [0.25, 0.3) is 0 Å². The largest absolute Gasteiger partial charge is 0.369 e. The minimum atomic E-state index is 0.117. The zero-order valence-electron chi connectivity index (χ0n) is 12.1. The molecule has 4 heteroatoms. The van der Waals surface area contributed by atoms with Crippen molar-refractivity contribution in [2.24, 2.45) is 0 Å². The van der Waals surface area contributed by atoms with Gasteiger partial charge < -0.3 is 15.0 Å². The Labute approximate surface area is 111 Å². The van der Waals surface area contributed by atoms with Gasteiger partial charge in [0, 0.05) is 19.1 Å². The third-order valence-corrected chi connectivity index (χ3v) is 3.28. The van der Waals surface area contributed by atoms with Crippen molar-refractivity contribution in [2.45, 2.75) is 58.6 Å². The first-order valence-corrected chi connectivity index (χ1v) is 7.26. The van der Waals surface area contributed by atoms with Crippen molar-refractivity contribution in [1.29, 1.82) is 0 Å². The second-order valence-electron chi connectivity index (χ2n) is 5.35. The molecule has 1 atom stereocenters. The Morgan fingerprint density at radius 2 is 2.28 bits per heavy atom. The SMILES string of the molecule is CCCCN(CC1CCCN1)C(=O)COC(C)C. The number of amides is 1. The molecule has 18 heavy (non-hydrogen) atoms. The molecule has 1 heterocycles. The van der Waals surface area contributed by atoms with E-state index in [0.717, 1.165) is 32.5 Å². The molecule has 106 valence electrons. The lowest BCUT2D eigenvalue weighted by atomic mass is 10.2. The molecule has 1 unspecified atom stereocenters. The molecule has 0 aromatic carbocycles. The van der Waals surface area contributed by atoms with E-state index in [0.29, 0.717) is 6.04 Å². The number of rotatable bonds is 8. The van der Waals surface area contributed by atoms with Gasteiger partial charge in [-0.25, -0.2) is 0 Å². The monoisotopic (exact) mass is 256 g/mol. The van der Waals surface area contributed by atoms with E-state index in [2.05, 4.69) is 12.2 Å². The number of carbonyl (C=O) groups excluding carboxylic acids is 1. The maximum Gasteiger partial charge on any atom is 0.248 e. The summed E-state index contributed by atoms with van der Waals surface area (Å²) in [6.07, 6.45) is 4.71. The van der Waals surface area contributed by atoms with E-state index in [1.807, 2.05) is 18.7 Å². The number of nitrogens with zero attached hydrogens (tertiary/aromatic N) is 1. The van der Waals surface area contributed by atoms with Crippen LogP contribution in [0.5, 0.6) is 0 Å². The fourth-order valence-electron chi connectivity index (χ4n) is 2.17. The molecule has 1 N–H and O–H groups in total. The van der Waals surface area contributed by atoms with Crippen molar-refractivity contribution in [2.75, 3.05) is 26.2 Å². The van der Waals surface area contributed by atoms with Gasteiger partial charge in [-0.05, 0) is 39.7 Å². The lowest BCUT2D eigenvalue weighted by Gasteiger charge is -2.26. The Bertz CT molecular complexity index is 238. The second-order valence-corrected chi connectivity index (χ2v) is 5.35. The number of carbonyl (C=O) groups is 1. The summed E-state index contributed by atoms with van der Waals surface area (Å²) < 4.78 is 5.42. The molecule has 0 aromatic heterocycles. The molecule has 1 amide bonds. The molecular formula is C14H28N2O2. The molecule has 1 saturated heterocycles. The maximum absolute atomic E-state index is 12.1. The van der Waals surface area contributed by atoms with E-state index in [-0.39, 0.29) is 18.6 Å². The highest BCUT2D eigenvalue weighted by atomic mass is 16.5. The average molecular weight is 256 g/mol. The molecule has 0 aliphatic carbocycles. The summed E-state index contributed by atoms with van der Waals surface area (Å²) in [5.41, 5.74) is 0. The Morgan fingerprint density at radius 3 is 2.83 bits per heavy atom. The van der Waals surface area contributed by atoms with Crippen LogP contribution < -0.4 is 5.32 Å². The first-order chi connectivity index (χ1) is 8.63. The zero-order valence-corrected chi connectivity index (χ0v) is 12.1. The molecule has 0 saturated carbocycles. The van der Waals surface area contributed by atoms with E-state index >= 15 is 0 Å². The lowest BCUT2D eigenvalue weighted by molar-refractivity contribution is -0.138. The molecule has 4 nitrogen and oxygen atoms in total. The summed E-state index contributed by atoms with van der Waals surface area (Å²) in [5, 5.41) is 3.45. The smallest absolute Gasteiger partial charge is 0.248 e. The third-order valence-electron chi connectivity index (χ3n) is 3.28. The highest BCUT2D eigenvalue weighted by Crippen LogP contribution is 2.08. The van der Waals surface area contributed by atoms with Gasteiger partial charge in [0.05, 0.1) is 6.10 Å². The Kier molecular flexibility index (Phi) is 7.28. The van der Waals surface area contributed by atoms with Crippen molar-refractivity contribution in [3.8, 4) is 0 Å². The highest BCUT2D eigenvalue weighted by molar-refractivity contribution is 5.77. The zero-order chi connectivity index (χ0) is 13.4. The van der Waals surface area contributed by atoms with Crippen LogP contribution in [0.15, 0.2) is 0 Å². The number of hydrogen-bond acceptors (Lipinski definition) is 3. The van der Waals surface area contributed by atoms with Gasteiger partial charge in [-0.3, -0.25) is 4.79 Å². The summed E-state index contributed by atoms with van der Waals surface area (Å²) >= 11 is 0. The van der Waals surface area contributed by atoms with Crippen LogP contribution in [-0.2, 0) is 9.53 Å². The third kappa shape index (κ3) is 5.83. The molecule has 0 bridgehead atoms. The summed E-state index contributed by atoms with van der Waals surface area (Å²) in [5.74, 6) is 0.130. The van der Waals surface area contributed by atoms with Crippen molar-refractivity contribution < 1.29 is 9.53 Å². The number of hydrogen-bond donors (Lipinski definition) is 1. The van der Waals surface area contributed by atoms with Crippen LogP contribution in [-0.4, -0.2) is 49.2 Å². The topological polar surface area (TPSA) is 41.6 Å². The molecule has 0 radical (unpaired) electrons. The number of unbranched alkanes of at least 4 members (excludes halogenated alkanes) is 1. The normalized spacial score (nSPS) is 19.4. The summed E-state index contributed by atoms with van der Waals surface area (Å²) in [4.78, 5) is 14.1. The van der Waals surface area contributed by atoms with E-state index in [1.165, 1.54) is 12.8 Å². The minimum absolute atomic E-state index is 0.117. The van der Waals surface area contributed by atoms with Crippen LogP contribution in [0.1, 0.15) is 46.5 Å². The molecule has 0 spiro atoms. The highest BCUT2D eigenvalue weighted by Gasteiger charge is 2.21. The second kappa shape index (κ2) is 8.48. The standard InChI is InChI=1S/C14H28N2O2/c1-4-5-9-16(10-13-7-6-8-15-13)14(17)11-18-12(2)3/h12-13,15H,4-11H2,1-3H3. The quantitative estimate of drug-likeness (QED) is 0.720. The van der Waals surface area contributed by atoms with Gasteiger partial charge in [-0.1, -0.05) is 13.3 Å². The van der Waals surface area contributed by atoms with Crippen LogP contribution in [0.2, 0.25) is 0 Å². The lowest BCUT2D eigenvalue weighted by Crippen LogP contribution is -2.43. The van der Waals surface area contributed by atoms with Gasteiger partial charge in [0.1, 0.15) is 6.61 Å². The molecule has 0 aromatic rings. The van der Waals surface area contributed by atoms with Gasteiger partial charge in [-0.15, -0.1) is 0 Å². The van der Waals surface area contributed by atoms with E-state index in [9.17, 15) is 4.79 Å². The number of nitrogens with one attached hydrogen (secondary N) is 1. The molecular weight excluding hydrogens is 228 g/mol. The minimum Gasteiger partial charge on any atom is -0.369 e. The predicted molar refractivity (Wildman–Crippen MR) is 73.6 cm³/mol. The van der Waals surface area contributed by atoms with Crippen LogP contribution in [0, 0.1) is 0 Å². The van der Waals surface area contributed by atoms with Crippen LogP contribution in [0.4, 0.5) is 0 Å². The summed E-state index contributed by atoms with van der Waals surface area (Å²) in [7, 11) is 0. The van der Waals surface area contributed by atoms with E-state index in [1.54, 1.807) is 0 Å². The first-order valence-electron chi connectivity index (χ1n) is 7.26. The van der Waals surface area contributed by atoms with Gasteiger partial charge in [0.2, 0.25) is 5.91 Å². The molecule has 1 aliphatic rings. The van der Waals surface area contributed by atoms with Crippen molar-refractivity contribution >= 4 is 5.91 Å². The molecule has 1 rings (SSSR count). The van der Waals surface area contributed by atoms with Crippen LogP contribution >= 0.6 is 0 Å². The van der Waals surface area contributed by atoms with Crippen molar-refractivity contribution in [3.63, 3.8) is 0 Å². The van der Waals surface area contributed by atoms with Gasteiger partial charge >= 0.3 is 0 Å². The van der Waals surface area contributed by atoms with E-state index < -0.39 is 0 Å². The van der Waals surface area contributed by atoms with Crippen molar-refractivity contribution in [3.05, 3.63) is 0 Å². The fraction of sp³-hybridized carbons (Fsp3) is 0.929. The Balaban J connectivity index is 2.39.